The molecule has 2 unspecified atom stereocenters. The number of carbonyl (C=O) groups excluding carboxylic acids is 3. The monoisotopic (exact) mass is 373 g/mol. The summed E-state index contributed by atoms with van der Waals surface area (Å²) in [4.78, 5) is 36.1. The van der Waals surface area contributed by atoms with Crippen LogP contribution in [0.3, 0.4) is 0 Å². The topological polar surface area (TPSA) is 116 Å². The molecule has 0 saturated heterocycles. The molecule has 0 aliphatic heterocycles. The molecule has 0 heterocycles. The van der Waals surface area contributed by atoms with Crippen molar-refractivity contribution in [2.45, 2.75) is 12.8 Å². The molecule has 27 heavy (non-hydrogen) atoms. The summed E-state index contributed by atoms with van der Waals surface area (Å²) >= 11 is 0. The highest BCUT2D eigenvalue weighted by molar-refractivity contribution is 6.38. The van der Waals surface area contributed by atoms with Crippen molar-refractivity contribution in [3.05, 3.63) is 53.2 Å². The van der Waals surface area contributed by atoms with E-state index in [0.717, 1.165) is 26.5 Å². The first-order valence-electron chi connectivity index (χ1n) is 8.00. The Labute approximate surface area is 155 Å². The van der Waals surface area contributed by atoms with Crippen molar-refractivity contribution in [2.24, 2.45) is 5.92 Å². The van der Waals surface area contributed by atoms with E-state index in [1.54, 1.807) is 42.5 Å². The minimum absolute atomic E-state index is 0.328. The van der Waals surface area contributed by atoms with Crippen LogP contribution in [0.1, 0.15) is 18.4 Å². The van der Waals surface area contributed by atoms with E-state index in [1.165, 1.54) is 0 Å². The molecule has 2 atom stereocenters. The molecule has 0 bridgehead atoms. The largest absolute Gasteiger partial charge is 0.468 e. The van der Waals surface area contributed by atoms with Crippen molar-refractivity contribution in [1.82, 2.24) is 0 Å². The molecule has 0 aliphatic carbocycles. The number of ketones is 1. The van der Waals surface area contributed by atoms with E-state index in [2.05, 4.69) is 4.74 Å². The lowest BCUT2D eigenvalue weighted by Gasteiger charge is -2.22. The normalized spacial score (nSPS) is 14.0. The number of carbonyl (C=O) groups is 3. The maximum atomic E-state index is 12.3. The average molecular weight is 373 g/mol. The van der Waals surface area contributed by atoms with Gasteiger partial charge in [0.15, 0.2) is 0 Å². The summed E-state index contributed by atoms with van der Waals surface area (Å²) in [7, 11) is 2.11. The molecule has 0 saturated carbocycles. The van der Waals surface area contributed by atoms with Gasteiger partial charge in [0.1, 0.15) is 17.6 Å². The van der Waals surface area contributed by atoms with Gasteiger partial charge >= 0.3 is 17.7 Å². The number of rotatable bonds is 6. The van der Waals surface area contributed by atoms with Gasteiger partial charge in [-0.05, 0) is 23.3 Å². The third kappa shape index (κ3) is 3.89. The summed E-state index contributed by atoms with van der Waals surface area (Å²) in [5, 5.41) is 22.7. The second-order valence-electron chi connectivity index (χ2n) is 5.81. The Morgan fingerprint density at radius 2 is 1.67 bits per heavy atom. The summed E-state index contributed by atoms with van der Waals surface area (Å²) in [5.41, 5.74) is -0.464. The highest BCUT2D eigenvalue weighted by atomic mass is 16.8. The predicted molar refractivity (Wildman–Crippen MR) is 95.3 cm³/mol. The van der Waals surface area contributed by atoms with Gasteiger partial charge in [-0.1, -0.05) is 42.5 Å². The van der Waals surface area contributed by atoms with Gasteiger partial charge in [-0.25, -0.2) is 4.79 Å². The summed E-state index contributed by atoms with van der Waals surface area (Å²) in [6.45, 7) is 1.14. The molecule has 2 aromatic rings. The van der Waals surface area contributed by atoms with Crippen LogP contribution in [0.25, 0.3) is 10.8 Å². The fourth-order valence-corrected chi connectivity index (χ4v) is 3.10. The van der Waals surface area contributed by atoms with Gasteiger partial charge in [0.25, 0.3) is 0 Å². The standard InChI is InChI=1S/C19H19NO7/c1-11(21)15(18(22)26-2)16(17(20(24)25)19(23)27-3)14-10-6-8-12-7-4-5-9-13(12)14/h4-10,15-16H,1-3H3,(H,24,25). The molecule has 0 aromatic heterocycles. The molecule has 142 valence electrons. The van der Waals surface area contributed by atoms with Gasteiger partial charge in [-0.3, -0.25) is 14.8 Å². The van der Waals surface area contributed by atoms with Gasteiger partial charge < -0.3 is 14.7 Å². The van der Waals surface area contributed by atoms with Crippen molar-refractivity contribution in [2.75, 3.05) is 14.2 Å². The molecule has 0 aliphatic rings. The van der Waals surface area contributed by atoms with Gasteiger partial charge in [-0.15, -0.1) is 0 Å². The summed E-state index contributed by atoms with van der Waals surface area (Å²) < 4.78 is 9.29. The van der Waals surface area contributed by atoms with Gasteiger partial charge in [0, 0.05) is 4.90 Å². The smallest absolute Gasteiger partial charge is 0.405 e. The van der Waals surface area contributed by atoms with E-state index in [-0.39, 0.29) is 0 Å². The number of hydrogen-bond acceptors (Lipinski definition) is 7. The molecule has 8 nitrogen and oxygen atoms in total. The van der Waals surface area contributed by atoms with Crippen molar-refractivity contribution >= 4 is 34.2 Å². The summed E-state index contributed by atoms with van der Waals surface area (Å²) in [6, 6.07) is 12.0. The molecular weight excluding hydrogens is 354 g/mol. The Hall–Kier alpha value is -3.42. The van der Waals surface area contributed by atoms with Crippen LogP contribution < -0.4 is 0 Å². The number of ether oxygens (including phenoxy) is 2. The van der Waals surface area contributed by atoms with Crippen molar-refractivity contribution in [1.29, 1.82) is 0 Å². The Bertz CT molecular complexity index is 910. The molecule has 0 amide bonds. The molecule has 2 aromatic carbocycles. The number of Topliss-reactive ketones (excluding diaryl/α,β-unsaturated/α-hetero) is 1. The summed E-state index contributed by atoms with van der Waals surface area (Å²) in [6.07, 6.45) is 0. The second kappa shape index (κ2) is 8.31. The SMILES string of the molecule is COC(=O)/C(C(c1cccc2ccccc12)C(C(C)=O)C(=O)OC)=[N+](\[O-])O. The fourth-order valence-electron chi connectivity index (χ4n) is 3.10. The number of esters is 2. The Balaban J connectivity index is 2.88. The molecule has 0 radical (unpaired) electrons. The van der Waals surface area contributed by atoms with Crippen LogP contribution >= 0.6 is 0 Å². The van der Waals surface area contributed by atoms with Crippen LogP contribution in [-0.4, -0.2) is 47.8 Å². The number of fused-ring (bicyclic) bond motifs is 1. The zero-order valence-electron chi connectivity index (χ0n) is 15.0. The lowest BCUT2D eigenvalue weighted by Crippen LogP contribution is -2.40. The third-order valence-electron chi connectivity index (χ3n) is 4.28. The summed E-state index contributed by atoms with van der Waals surface area (Å²) in [5.74, 6) is -5.68. The van der Waals surface area contributed by atoms with Crippen LogP contribution in [0, 0.1) is 11.1 Å². The number of nitrogens with zero attached hydrogens (tertiary/aromatic N) is 1. The molecular formula is C19H19NO7. The van der Waals surface area contributed by atoms with E-state index < -0.39 is 40.2 Å². The number of benzene rings is 2. The molecule has 8 heteroatoms. The molecule has 0 spiro atoms. The van der Waals surface area contributed by atoms with Crippen molar-refractivity contribution in [3.63, 3.8) is 0 Å². The van der Waals surface area contributed by atoms with Crippen molar-refractivity contribution < 1.29 is 34.0 Å². The quantitative estimate of drug-likeness (QED) is 0.205. The van der Waals surface area contributed by atoms with Gasteiger partial charge in [0.05, 0.1) is 14.2 Å². The predicted octanol–water partition coefficient (Wildman–Crippen LogP) is 1.82. The minimum Gasteiger partial charge on any atom is -0.468 e. The Morgan fingerprint density at radius 3 is 2.22 bits per heavy atom. The fraction of sp³-hybridized carbons (Fsp3) is 0.263. The molecule has 1 N–H and O–H groups in total. The Morgan fingerprint density at radius 1 is 1.04 bits per heavy atom. The average Bonchev–Trinajstić information content (AvgIpc) is 2.65. The maximum absolute atomic E-state index is 12.3. The van der Waals surface area contributed by atoms with Crippen LogP contribution in [0.4, 0.5) is 0 Å². The van der Waals surface area contributed by atoms with Crippen LogP contribution in [0.2, 0.25) is 0 Å². The second-order valence-corrected chi connectivity index (χ2v) is 5.81. The number of hydrogen-bond donors (Lipinski definition) is 1. The maximum Gasteiger partial charge on any atom is 0.405 e. The van der Waals surface area contributed by atoms with Crippen molar-refractivity contribution in [3.8, 4) is 0 Å². The van der Waals surface area contributed by atoms with Gasteiger partial charge in [0.2, 0.25) is 0 Å². The first-order valence-corrected chi connectivity index (χ1v) is 8.00. The highest BCUT2D eigenvalue weighted by Gasteiger charge is 2.46. The Kier molecular flexibility index (Phi) is 6.12. The third-order valence-corrected chi connectivity index (χ3v) is 4.28. The lowest BCUT2D eigenvalue weighted by atomic mass is 9.78. The highest BCUT2D eigenvalue weighted by Crippen LogP contribution is 2.34. The minimum atomic E-state index is -1.53. The van der Waals surface area contributed by atoms with Crippen LogP contribution in [0.15, 0.2) is 42.5 Å². The van der Waals surface area contributed by atoms with E-state index in [0.29, 0.717) is 10.9 Å². The molecule has 2 rings (SSSR count). The first kappa shape index (κ1) is 19.9. The van der Waals surface area contributed by atoms with E-state index in [1.807, 2.05) is 0 Å². The van der Waals surface area contributed by atoms with Crippen LogP contribution in [0.5, 0.6) is 0 Å². The zero-order valence-corrected chi connectivity index (χ0v) is 15.0. The van der Waals surface area contributed by atoms with Crippen LogP contribution in [-0.2, 0) is 23.9 Å². The zero-order chi connectivity index (χ0) is 20.1. The number of methoxy groups -OCH3 is 2. The molecule has 0 fully saturated rings. The van der Waals surface area contributed by atoms with E-state index in [4.69, 9.17) is 4.74 Å². The first-order chi connectivity index (χ1) is 12.8. The van der Waals surface area contributed by atoms with Gasteiger partial charge in [-0.2, -0.15) is 0 Å². The lowest BCUT2D eigenvalue weighted by molar-refractivity contribution is -0.726. The van der Waals surface area contributed by atoms with E-state index in [9.17, 15) is 24.8 Å². The van der Waals surface area contributed by atoms with E-state index >= 15 is 0 Å².